The van der Waals surface area contributed by atoms with E-state index >= 15 is 0 Å². The van der Waals surface area contributed by atoms with Gasteiger partial charge in [0.2, 0.25) is 10.0 Å². The molecule has 3 amide bonds. The van der Waals surface area contributed by atoms with Gasteiger partial charge in [-0.2, -0.15) is 0 Å². The first-order valence-corrected chi connectivity index (χ1v) is 21.0. The predicted octanol–water partition coefficient (Wildman–Crippen LogP) is 7.88. The molecule has 0 aliphatic rings. The van der Waals surface area contributed by atoms with Crippen LogP contribution in [-0.4, -0.2) is 62.9 Å². The van der Waals surface area contributed by atoms with Crippen LogP contribution in [0.1, 0.15) is 42.3 Å². The van der Waals surface area contributed by atoms with E-state index in [1.54, 1.807) is 85.1 Å². The van der Waals surface area contributed by atoms with Crippen LogP contribution in [0.4, 0.5) is 39.0 Å². The molecule has 0 unspecified atom stereocenters. The Morgan fingerprint density at radius 2 is 1.53 bits per heavy atom. The molecule has 17 heteroatoms. The van der Waals surface area contributed by atoms with Gasteiger partial charge in [0, 0.05) is 40.5 Å². The van der Waals surface area contributed by atoms with Crippen LogP contribution in [0.25, 0.3) is 10.8 Å². The molecule has 0 radical (unpaired) electrons. The zero-order chi connectivity index (χ0) is 44.9. The summed E-state index contributed by atoms with van der Waals surface area (Å²) in [7, 11) is -0.902. The van der Waals surface area contributed by atoms with E-state index in [0.717, 1.165) is 17.4 Å². The van der Waals surface area contributed by atoms with Gasteiger partial charge in [-0.3, -0.25) is 19.2 Å². The zero-order valence-electron chi connectivity index (χ0n) is 34.8. The van der Waals surface area contributed by atoms with Gasteiger partial charge in [-0.1, -0.05) is 57.2 Å². The molecule has 0 bridgehead atoms. The molecule has 0 fully saturated rings. The number of urea groups is 1. The molecule has 6 rings (SSSR count). The molecule has 1 heterocycles. The number of carboxylic acid groups (broad SMARTS) is 1. The molecule has 8 N–H and O–H groups in total. The molecule has 16 nitrogen and oxygen atoms in total. The number of rotatable bonds is 15. The topological polar surface area (TPSA) is 238 Å². The number of carbonyl (C=O) groups excluding carboxylic acids is 2. The molecule has 0 spiro atoms. The second-order valence-corrected chi connectivity index (χ2v) is 17.1. The Bertz CT molecular complexity index is 2770. The fourth-order valence-corrected chi connectivity index (χ4v) is 7.20. The van der Waals surface area contributed by atoms with Crippen LogP contribution in [0.15, 0.2) is 109 Å². The number of hydrogen-bond acceptors (Lipinski definition) is 11. The molecule has 5 aromatic carbocycles. The minimum atomic E-state index is -3.74. The highest BCUT2D eigenvalue weighted by molar-refractivity contribution is 7.92. The maximum Gasteiger partial charge on any atom is 0.324 e. The lowest BCUT2D eigenvalue weighted by molar-refractivity contribution is -0.138. The summed E-state index contributed by atoms with van der Waals surface area (Å²) < 4.78 is 45.1. The summed E-state index contributed by atoms with van der Waals surface area (Å²) in [5, 5.41) is 16.4. The van der Waals surface area contributed by atoms with Crippen molar-refractivity contribution in [1.82, 2.24) is 4.98 Å². The second-order valence-electron chi connectivity index (χ2n) is 15.3. The molecule has 0 aliphatic heterocycles. The van der Waals surface area contributed by atoms with Gasteiger partial charge in [-0.05, 0) is 77.6 Å². The number of nitrogens with one attached hydrogen (secondary N) is 3. The highest BCUT2D eigenvalue weighted by Gasteiger charge is 2.28. The number of ether oxygens (including phenoxy) is 3. The fraction of sp³-hybridized carbons (Fsp3) is 0.200. The number of nitrogens with zero attached hydrogens (tertiary/aromatic N) is 2. The Morgan fingerprint density at radius 3 is 2.16 bits per heavy atom. The highest BCUT2D eigenvalue weighted by Crippen LogP contribution is 2.46. The molecular weight excluding hydrogens is 815 g/mol. The van der Waals surface area contributed by atoms with E-state index in [0.29, 0.717) is 50.9 Å². The van der Waals surface area contributed by atoms with Crippen molar-refractivity contribution in [3.8, 4) is 23.0 Å². The molecule has 62 heavy (non-hydrogen) atoms. The van der Waals surface area contributed by atoms with E-state index in [1.807, 2.05) is 45.0 Å². The van der Waals surface area contributed by atoms with Crippen LogP contribution in [0.5, 0.6) is 23.0 Å². The Labute approximate surface area is 358 Å². The van der Waals surface area contributed by atoms with Gasteiger partial charge in [-0.25, -0.2) is 18.2 Å². The summed E-state index contributed by atoms with van der Waals surface area (Å²) >= 11 is 0. The Morgan fingerprint density at radius 1 is 0.839 bits per heavy atom. The lowest BCUT2D eigenvalue weighted by Gasteiger charge is -2.29. The number of primary amides is 1. The van der Waals surface area contributed by atoms with Crippen molar-refractivity contribution >= 4 is 73.0 Å². The number of sulfonamides is 1. The van der Waals surface area contributed by atoms with E-state index in [1.165, 1.54) is 19.1 Å². The maximum atomic E-state index is 13.4. The first kappa shape index (κ1) is 44.2. The third-order valence-corrected chi connectivity index (χ3v) is 10.3. The summed E-state index contributed by atoms with van der Waals surface area (Å²) in [5.74, 6) is 0.199. The zero-order valence-corrected chi connectivity index (χ0v) is 35.7. The van der Waals surface area contributed by atoms with E-state index in [9.17, 15) is 22.8 Å². The number of fused-ring (bicyclic) bond motifs is 1. The summed E-state index contributed by atoms with van der Waals surface area (Å²) in [5.41, 5.74) is 14.8. The van der Waals surface area contributed by atoms with Crippen molar-refractivity contribution in [3.63, 3.8) is 0 Å². The predicted molar refractivity (Wildman–Crippen MR) is 240 cm³/mol. The number of aliphatic carboxylic acids is 1. The van der Waals surface area contributed by atoms with Crippen molar-refractivity contribution in [1.29, 1.82) is 0 Å². The van der Waals surface area contributed by atoms with Crippen LogP contribution >= 0.6 is 0 Å². The first-order chi connectivity index (χ1) is 29.3. The lowest BCUT2D eigenvalue weighted by Crippen LogP contribution is -2.32. The average Bonchev–Trinajstić information content (AvgIpc) is 3.21. The Balaban J connectivity index is 1.25. The maximum absolute atomic E-state index is 13.4. The van der Waals surface area contributed by atoms with Gasteiger partial charge < -0.3 is 41.4 Å². The number of benzene rings is 5. The van der Waals surface area contributed by atoms with E-state index in [-0.39, 0.29) is 29.1 Å². The largest absolute Gasteiger partial charge is 0.496 e. The van der Waals surface area contributed by atoms with Crippen molar-refractivity contribution in [2.45, 2.75) is 38.6 Å². The summed E-state index contributed by atoms with van der Waals surface area (Å²) in [6.07, 6.45) is 2.75. The molecule has 6 aromatic rings. The molecule has 0 saturated carbocycles. The van der Waals surface area contributed by atoms with E-state index < -0.39 is 39.4 Å². The minimum Gasteiger partial charge on any atom is -0.496 e. The highest BCUT2D eigenvalue weighted by atomic mass is 32.2. The molecule has 1 aromatic heterocycles. The Hall–Kier alpha value is -7.37. The van der Waals surface area contributed by atoms with Crippen LogP contribution in [0, 0.1) is 0 Å². The van der Waals surface area contributed by atoms with Gasteiger partial charge in [0.25, 0.3) is 5.91 Å². The number of carboxylic acids is 1. The molecular formula is C45H47N7O9S. The van der Waals surface area contributed by atoms with Gasteiger partial charge in [0.05, 0.1) is 43.1 Å². The smallest absolute Gasteiger partial charge is 0.324 e. The number of methoxy groups -OCH3 is 2. The van der Waals surface area contributed by atoms with Crippen molar-refractivity contribution in [2.24, 2.45) is 11.5 Å². The van der Waals surface area contributed by atoms with Crippen LogP contribution in [-0.2, 0) is 26.7 Å². The van der Waals surface area contributed by atoms with Crippen molar-refractivity contribution < 1.29 is 42.1 Å². The molecule has 0 aliphatic carbocycles. The van der Waals surface area contributed by atoms with Crippen molar-refractivity contribution in [3.05, 3.63) is 126 Å². The van der Waals surface area contributed by atoms with Crippen LogP contribution < -0.4 is 45.9 Å². The second kappa shape index (κ2) is 18.1. The first-order valence-electron chi connectivity index (χ1n) is 19.1. The molecule has 0 saturated heterocycles. The van der Waals surface area contributed by atoms with Gasteiger partial charge in [-0.15, -0.1) is 0 Å². The lowest BCUT2D eigenvalue weighted by atomic mass is 9.86. The number of nitrogens with two attached hydrogens (primary N) is 2. The number of pyridine rings is 1. The Kier molecular flexibility index (Phi) is 12.9. The minimum absolute atomic E-state index is 0.100. The summed E-state index contributed by atoms with van der Waals surface area (Å²) in [4.78, 5) is 43.5. The number of anilines is 6. The molecule has 1 atom stereocenters. The summed E-state index contributed by atoms with van der Waals surface area (Å²) in [6, 6.07) is 27.3. The SMILES string of the molecule is COc1cc(Nc2cc(Oc3ccc(N(C(N)=O)c4cc(C(C)(C)C)cc(NS(C)(=O)=O)c4OC)c4ccccc34)ccn2)ccc1C(=O)Nc1ccc(C[C@@H](N)C(=O)O)cc1. The standard InChI is InChI=1S/C45H47N7O9S/c1-45(2,3)27-22-35(51-62(6,57)58)41(60-5)37(23-27)52(44(47)56)36-17-18-38(32-10-8-7-9-31(32)36)61-30-19-20-48-40(25-30)49-29-15-16-33(39(24-29)59-4)42(53)50-28-13-11-26(12-14-28)21-34(46)43(54)55/h7-20,22-25,34,51H,21,46H2,1-6H3,(H2,47,56)(H,48,49)(H,50,53)(H,54,55)/t34-/m1/s1. The third kappa shape index (κ3) is 10.3. The molecule has 322 valence electrons. The number of hydrogen-bond donors (Lipinski definition) is 6. The van der Waals surface area contributed by atoms with Gasteiger partial charge >= 0.3 is 12.0 Å². The summed E-state index contributed by atoms with van der Waals surface area (Å²) in [6.45, 7) is 5.88. The van der Waals surface area contributed by atoms with E-state index in [4.69, 9.17) is 30.8 Å². The third-order valence-electron chi connectivity index (χ3n) is 9.66. The fourth-order valence-electron chi connectivity index (χ4n) is 6.65. The van der Waals surface area contributed by atoms with Gasteiger partial charge in [0.1, 0.15) is 29.1 Å². The van der Waals surface area contributed by atoms with Crippen LogP contribution in [0.2, 0.25) is 0 Å². The monoisotopic (exact) mass is 861 g/mol. The van der Waals surface area contributed by atoms with Crippen LogP contribution in [0.3, 0.4) is 0 Å². The van der Waals surface area contributed by atoms with Gasteiger partial charge in [0.15, 0.2) is 5.75 Å². The van der Waals surface area contributed by atoms with E-state index in [2.05, 4.69) is 20.3 Å². The average molecular weight is 862 g/mol. The van der Waals surface area contributed by atoms with Crippen molar-refractivity contribution in [2.75, 3.05) is 40.7 Å². The number of carbonyl (C=O) groups is 3. The number of aromatic nitrogens is 1. The normalized spacial score (nSPS) is 11.9. The number of amides is 3. The quantitative estimate of drug-likeness (QED) is 0.0578.